The molecule has 2 aliphatic rings. The number of carbonyl (C=O) groups excluding carboxylic acids is 1. The Morgan fingerprint density at radius 3 is 3.06 bits per heavy atom. The molecular weight excluding hydrogens is 390 g/mol. The van der Waals surface area contributed by atoms with Crippen LogP contribution in [0.1, 0.15) is 42.6 Å². The van der Waals surface area contributed by atoms with E-state index >= 15 is 0 Å². The van der Waals surface area contributed by atoms with Gasteiger partial charge < -0.3 is 10.2 Å². The maximum atomic E-state index is 12.5. The Bertz CT molecular complexity index is 1050. The molecule has 1 aliphatic carbocycles. The Labute approximate surface area is 181 Å². The normalized spacial score (nSPS) is 18.1. The molecule has 4 heterocycles. The Hall–Kier alpha value is -3.29. The second-order valence-electron chi connectivity index (χ2n) is 8.32. The highest BCUT2D eigenvalue weighted by Crippen LogP contribution is 2.23. The molecule has 1 unspecified atom stereocenters. The third kappa shape index (κ3) is 4.42. The highest BCUT2D eigenvalue weighted by molar-refractivity contribution is 5.76. The van der Waals surface area contributed by atoms with E-state index in [0.717, 1.165) is 49.3 Å². The molecule has 1 aliphatic heterocycles. The van der Waals surface area contributed by atoms with Crippen molar-refractivity contribution in [1.82, 2.24) is 30.5 Å². The van der Waals surface area contributed by atoms with Crippen molar-refractivity contribution in [2.24, 2.45) is 0 Å². The zero-order valence-corrected chi connectivity index (χ0v) is 17.5. The quantitative estimate of drug-likeness (QED) is 0.639. The molecule has 3 aromatic heterocycles. The van der Waals surface area contributed by atoms with Crippen molar-refractivity contribution in [2.75, 3.05) is 18.0 Å². The fourth-order valence-corrected chi connectivity index (χ4v) is 4.52. The highest BCUT2D eigenvalue weighted by Gasteiger charge is 2.26. The molecule has 8 nitrogen and oxygen atoms in total. The SMILES string of the molecule is O=C(CCc1n[nH]c2c1CCCC2)NC1CCN(c2nccc(-c3cccnc3)n2)C1. The molecule has 0 radical (unpaired) electrons. The first-order valence-corrected chi connectivity index (χ1v) is 11.1. The minimum absolute atomic E-state index is 0.0874. The van der Waals surface area contributed by atoms with E-state index in [2.05, 4.69) is 30.4 Å². The highest BCUT2D eigenvalue weighted by atomic mass is 16.1. The van der Waals surface area contributed by atoms with Crippen molar-refractivity contribution in [2.45, 2.75) is 51.0 Å². The van der Waals surface area contributed by atoms with Gasteiger partial charge in [0.05, 0.1) is 11.4 Å². The van der Waals surface area contributed by atoms with Gasteiger partial charge in [0.2, 0.25) is 11.9 Å². The van der Waals surface area contributed by atoms with Crippen LogP contribution in [0.25, 0.3) is 11.3 Å². The fourth-order valence-electron chi connectivity index (χ4n) is 4.52. The first-order chi connectivity index (χ1) is 15.3. The van der Waals surface area contributed by atoms with E-state index in [1.807, 2.05) is 18.2 Å². The minimum atomic E-state index is 0.0874. The number of aromatic amines is 1. The predicted molar refractivity (Wildman–Crippen MR) is 118 cm³/mol. The number of hydrogen-bond acceptors (Lipinski definition) is 6. The maximum absolute atomic E-state index is 12.5. The van der Waals surface area contributed by atoms with Gasteiger partial charge in [-0.25, -0.2) is 9.97 Å². The summed E-state index contributed by atoms with van der Waals surface area (Å²) < 4.78 is 0. The average Bonchev–Trinajstić information content (AvgIpc) is 3.45. The van der Waals surface area contributed by atoms with E-state index in [1.165, 1.54) is 24.1 Å². The number of pyridine rings is 1. The second-order valence-corrected chi connectivity index (χ2v) is 8.32. The van der Waals surface area contributed by atoms with Crippen LogP contribution in [0, 0.1) is 0 Å². The van der Waals surface area contributed by atoms with Crippen LogP contribution in [0.4, 0.5) is 5.95 Å². The standard InChI is InChI=1S/C23H27N7O/c31-22(8-7-21-18-5-1-2-6-20(18)28-29-21)26-17-10-13-30(15-17)23-25-12-9-19(27-23)16-4-3-11-24-14-16/h3-4,9,11-12,14,17H,1-2,5-8,10,13,15H2,(H,26,31)(H,28,29). The lowest BCUT2D eigenvalue weighted by Gasteiger charge is -2.17. The molecule has 1 atom stereocenters. The summed E-state index contributed by atoms with van der Waals surface area (Å²) in [7, 11) is 0. The van der Waals surface area contributed by atoms with E-state index in [9.17, 15) is 4.79 Å². The molecule has 0 saturated carbocycles. The number of H-pyrrole nitrogens is 1. The lowest BCUT2D eigenvalue weighted by Crippen LogP contribution is -2.37. The summed E-state index contributed by atoms with van der Waals surface area (Å²) >= 11 is 0. The van der Waals surface area contributed by atoms with Crippen LogP contribution in [-0.2, 0) is 24.1 Å². The summed E-state index contributed by atoms with van der Waals surface area (Å²) in [6, 6.07) is 5.90. The number of nitrogens with zero attached hydrogens (tertiary/aromatic N) is 5. The van der Waals surface area contributed by atoms with E-state index in [-0.39, 0.29) is 11.9 Å². The van der Waals surface area contributed by atoms with Gasteiger partial charge in [0.1, 0.15) is 0 Å². The number of aromatic nitrogens is 5. The number of carbonyl (C=O) groups is 1. The van der Waals surface area contributed by atoms with Crippen LogP contribution in [-0.4, -0.2) is 50.2 Å². The molecule has 2 N–H and O–H groups in total. The number of anilines is 1. The van der Waals surface area contributed by atoms with Crippen LogP contribution in [0.3, 0.4) is 0 Å². The molecule has 0 bridgehead atoms. The summed E-state index contributed by atoms with van der Waals surface area (Å²) in [6.45, 7) is 1.55. The lowest BCUT2D eigenvalue weighted by atomic mass is 9.94. The summed E-state index contributed by atoms with van der Waals surface area (Å²) in [6.07, 6.45) is 12.0. The number of hydrogen-bond donors (Lipinski definition) is 2. The lowest BCUT2D eigenvalue weighted by molar-refractivity contribution is -0.121. The van der Waals surface area contributed by atoms with Crippen molar-refractivity contribution in [3.63, 3.8) is 0 Å². The Kier molecular flexibility index (Phi) is 5.60. The van der Waals surface area contributed by atoms with Crippen LogP contribution >= 0.6 is 0 Å². The second kappa shape index (κ2) is 8.83. The van der Waals surface area contributed by atoms with Crippen LogP contribution in [0.5, 0.6) is 0 Å². The zero-order valence-electron chi connectivity index (χ0n) is 17.5. The van der Waals surface area contributed by atoms with Gasteiger partial charge in [0, 0.05) is 61.8 Å². The smallest absolute Gasteiger partial charge is 0.225 e. The van der Waals surface area contributed by atoms with Crippen molar-refractivity contribution in [1.29, 1.82) is 0 Å². The number of amides is 1. The van der Waals surface area contributed by atoms with Gasteiger partial charge in [-0.1, -0.05) is 0 Å². The Balaban J connectivity index is 1.15. The molecule has 0 spiro atoms. The van der Waals surface area contributed by atoms with Gasteiger partial charge in [-0.05, 0) is 55.9 Å². The number of fused-ring (bicyclic) bond motifs is 1. The third-order valence-corrected chi connectivity index (χ3v) is 6.17. The molecule has 1 fully saturated rings. The van der Waals surface area contributed by atoms with Crippen molar-refractivity contribution < 1.29 is 4.79 Å². The van der Waals surface area contributed by atoms with E-state index < -0.39 is 0 Å². The van der Waals surface area contributed by atoms with Gasteiger partial charge >= 0.3 is 0 Å². The molecule has 3 aromatic rings. The first-order valence-electron chi connectivity index (χ1n) is 11.1. The Morgan fingerprint density at radius 2 is 2.16 bits per heavy atom. The van der Waals surface area contributed by atoms with E-state index in [0.29, 0.717) is 18.8 Å². The van der Waals surface area contributed by atoms with Gasteiger partial charge in [0.15, 0.2) is 0 Å². The molecule has 31 heavy (non-hydrogen) atoms. The average molecular weight is 418 g/mol. The van der Waals surface area contributed by atoms with E-state index in [1.54, 1.807) is 18.6 Å². The van der Waals surface area contributed by atoms with Crippen LogP contribution in [0.2, 0.25) is 0 Å². The molecule has 5 rings (SSSR count). The van der Waals surface area contributed by atoms with Crippen molar-refractivity contribution in [3.05, 3.63) is 53.7 Å². The van der Waals surface area contributed by atoms with Crippen molar-refractivity contribution >= 4 is 11.9 Å². The van der Waals surface area contributed by atoms with Crippen LogP contribution in [0.15, 0.2) is 36.8 Å². The maximum Gasteiger partial charge on any atom is 0.225 e. The zero-order chi connectivity index (χ0) is 21.0. The van der Waals surface area contributed by atoms with Gasteiger partial charge in [-0.15, -0.1) is 0 Å². The molecule has 8 heteroatoms. The third-order valence-electron chi connectivity index (χ3n) is 6.17. The van der Waals surface area contributed by atoms with Gasteiger partial charge in [-0.3, -0.25) is 14.9 Å². The van der Waals surface area contributed by atoms with E-state index in [4.69, 9.17) is 4.98 Å². The summed E-state index contributed by atoms with van der Waals surface area (Å²) in [5.74, 6) is 0.783. The minimum Gasteiger partial charge on any atom is -0.352 e. The molecule has 0 aromatic carbocycles. The number of aryl methyl sites for hydroxylation is 2. The largest absolute Gasteiger partial charge is 0.352 e. The topological polar surface area (TPSA) is 99.7 Å². The summed E-state index contributed by atoms with van der Waals surface area (Å²) in [5, 5.41) is 10.8. The number of rotatable bonds is 6. The molecule has 1 amide bonds. The fraction of sp³-hybridized carbons (Fsp3) is 0.435. The summed E-state index contributed by atoms with van der Waals surface area (Å²) in [4.78, 5) is 28.0. The Morgan fingerprint density at radius 1 is 1.23 bits per heavy atom. The van der Waals surface area contributed by atoms with Crippen molar-refractivity contribution in [3.8, 4) is 11.3 Å². The van der Waals surface area contributed by atoms with Crippen LogP contribution < -0.4 is 10.2 Å². The predicted octanol–water partition coefficient (Wildman–Crippen LogP) is 2.47. The first kappa shape index (κ1) is 19.7. The van der Waals surface area contributed by atoms with Gasteiger partial charge in [0.25, 0.3) is 0 Å². The van der Waals surface area contributed by atoms with Gasteiger partial charge in [-0.2, -0.15) is 5.10 Å². The number of nitrogens with one attached hydrogen (secondary N) is 2. The molecule has 160 valence electrons. The molecule has 1 saturated heterocycles. The molecular formula is C23H27N7O. The summed E-state index contributed by atoms with van der Waals surface area (Å²) in [5.41, 5.74) is 5.50. The monoisotopic (exact) mass is 417 g/mol.